The van der Waals surface area contributed by atoms with E-state index in [9.17, 15) is 14.0 Å². The molecule has 0 fully saturated rings. The van der Waals surface area contributed by atoms with Gasteiger partial charge in [0.15, 0.2) is 5.16 Å². The van der Waals surface area contributed by atoms with E-state index in [-0.39, 0.29) is 22.9 Å². The van der Waals surface area contributed by atoms with Gasteiger partial charge in [-0.2, -0.15) is 0 Å². The van der Waals surface area contributed by atoms with Crippen molar-refractivity contribution in [3.63, 3.8) is 0 Å². The molecule has 8 heteroatoms. The molecule has 0 unspecified atom stereocenters. The van der Waals surface area contributed by atoms with Crippen LogP contribution >= 0.6 is 23.5 Å². The number of carbonyl (C=O) groups is 1. The first kappa shape index (κ1) is 20.7. The van der Waals surface area contributed by atoms with Crippen LogP contribution in [0.1, 0.15) is 18.2 Å². The lowest BCUT2D eigenvalue weighted by Crippen LogP contribution is -2.26. The van der Waals surface area contributed by atoms with E-state index in [1.165, 1.54) is 23.9 Å². The monoisotopic (exact) mass is 441 g/mol. The highest BCUT2D eigenvalue weighted by Crippen LogP contribution is 2.34. The van der Waals surface area contributed by atoms with Gasteiger partial charge in [0.2, 0.25) is 5.91 Å². The molecule has 4 rings (SSSR count). The van der Waals surface area contributed by atoms with E-state index in [4.69, 9.17) is 4.98 Å². The third kappa shape index (κ3) is 4.60. The van der Waals surface area contributed by atoms with Gasteiger partial charge in [0.25, 0.3) is 5.56 Å². The van der Waals surface area contributed by atoms with E-state index in [2.05, 4.69) is 12.2 Å². The van der Waals surface area contributed by atoms with Gasteiger partial charge >= 0.3 is 0 Å². The number of aromatic nitrogens is 2. The van der Waals surface area contributed by atoms with E-state index in [1.54, 1.807) is 28.5 Å². The third-order valence-electron chi connectivity index (χ3n) is 4.63. The van der Waals surface area contributed by atoms with Gasteiger partial charge in [0.05, 0.1) is 28.6 Å². The standard InChI is InChI=1S/C22H20FN3O2S2/c1-14-11-18-20(30-14)21(28)26(12-15-7-3-2-4-8-15)22(25-18)29-13-19(27)24-17-10-6-5-9-16(17)23/h2-10,14H,11-13H2,1H3,(H,24,27)/t14-/m0/s1. The van der Waals surface area contributed by atoms with Gasteiger partial charge in [-0.25, -0.2) is 9.37 Å². The summed E-state index contributed by atoms with van der Waals surface area (Å²) >= 11 is 2.74. The van der Waals surface area contributed by atoms with Crippen LogP contribution in [0.2, 0.25) is 0 Å². The van der Waals surface area contributed by atoms with Crippen molar-refractivity contribution >= 4 is 35.1 Å². The number of halogens is 1. The van der Waals surface area contributed by atoms with Gasteiger partial charge in [-0.1, -0.05) is 61.2 Å². The normalized spacial score (nSPS) is 15.1. The van der Waals surface area contributed by atoms with Gasteiger partial charge in [0.1, 0.15) is 5.82 Å². The number of fused-ring (bicyclic) bond motifs is 1. The maximum Gasteiger partial charge on any atom is 0.268 e. The molecule has 3 aromatic rings. The Hall–Kier alpha value is -2.58. The molecule has 1 atom stereocenters. The number of nitrogens with one attached hydrogen (secondary N) is 1. The molecular weight excluding hydrogens is 421 g/mol. The fraction of sp³-hybridized carbons (Fsp3) is 0.227. The minimum Gasteiger partial charge on any atom is -0.323 e. The molecule has 1 amide bonds. The molecule has 0 saturated carbocycles. The van der Waals surface area contributed by atoms with Crippen molar-refractivity contribution < 1.29 is 9.18 Å². The van der Waals surface area contributed by atoms with Gasteiger partial charge in [-0.05, 0) is 17.7 Å². The summed E-state index contributed by atoms with van der Waals surface area (Å²) in [5, 5.41) is 3.37. The number of carbonyl (C=O) groups excluding carboxylic acids is 1. The van der Waals surface area contributed by atoms with Crippen molar-refractivity contribution in [2.24, 2.45) is 0 Å². The number of nitrogens with zero attached hydrogens (tertiary/aromatic N) is 2. The first-order valence-corrected chi connectivity index (χ1v) is 11.4. The SMILES string of the molecule is C[C@H]1Cc2nc(SCC(=O)Nc3ccccc3F)n(Cc3ccccc3)c(=O)c2S1. The van der Waals surface area contributed by atoms with Gasteiger partial charge in [-0.15, -0.1) is 11.8 Å². The molecule has 1 aromatic heterocycles. The van der Waals surface area contributed by atoms with Crippen LogP contribution in [0.5, 0.6) is 0 Å². The van der Waals surface area contributed by atoms with Crippen molar-refractivity contribution in [1.29, 1.82) is 0 Å². The summed E-state index contributed by atoms with van der Waals surface area (Å²) < 4.78 is 15.4. The molecule has 0 aliphatic carbocycles. The minimum atomic E-state index is -0.487. The van der Waals surface area contributed by atoms with Crippen LogP contribution in [-0.2, 0) is 17.8 Å². The Labute approximate surface area is 182 Å². The van der Waals surface area contributed by atoms with Crippen LogP contribution in [0.25, 0.3) is 0 Å². The second-order valence-corrected chi connectivity index (χ2v) is 9.39. The predicted molar refractivity (Wildman–Crippen MR) is 119 cm³/mol. The maximum absolute atomic E-state index is 13.8. The minimum absolute atomic E-state index is 0.0248. The molecule has 154 valence electrons. The Morgan fingerprint density at radius 1 is 1.23 bits per heavy atom. The van der Waals surface area contributed by atoms with Crippen LogP contribution < -0.4 is 10.9 Å². The number of hydrogen-bond acceptors (Lipinski definition) is 5. The van der Waals surface area contributed by atoms with E-state index >= 15 is 0 Å². The van der Waals surface area contributed by atoms with Crippen LogP contribution in [0.15, 0.2) is 69.4 Å². The molecule has 0 radical (unpaired) electrons. The smallest absolute Gasteiger partial charge is 0.268 e. The number of anilines is 1. The maximum atomic E-state index is 13.8. The molecule has 0 saturated heterocycles. The lowest BCUT2D eigenvalue weighted by molar-refractivity contribution is -0.113. The summed E-state index contributed by atoms with van der Waals surface area (Å²) in [4.78, 5) is 30.9. The topological polar surface area (TPSA) is 64.0 Å². The molecular formula is C22H20FN3O2S2. The summed E-state index contributed by atoms with van der Waals surface area (Å²) in [5.74, 6) is -0.816. The van der Waals surface area contributed by atoms with Crippen LogP contribution in [0.3, 0.4) is 0 Å². The van der Waals surface area contributed by atoms with E-state index in [0.29, 0.717) is 21.8 Å². The van der Waals surface area contributed by atoms with Crippen molar-refractivity contribution in [2.75, 3.05) is 11.1 Å². The summed E-state index contributed by atoms with van der Waals surface area (Å²) in [6, 6.07) is 15.7. The van der Waals surface area contributed by atoms with E-state index in [0.717, 1.165) is 17.7 Å². The average molecular weight is 442 g/mol. The van der Waals surface area contributed by atoms with Crippen LogP contribution in [0, 0.1) is 5.82 Å². The number of para-hydroxylation sites is 1. The van der Waals surface area contributed by atoms with Crippen molar-refractivity contribution in [3.8, 4) is 0 Å². The Balaban J connectivity index is 1.58. The lowest BCUT2D eigenvalue weighted by atomic mass is 10.2. The summed E-state index contributed by atoms with van der Waals surface area (Å²) in [5.41, 5.74) is 1.83. The Morgan fingerprint density at radius 3 is 2.73 bits per heavy atom. The average Bonchev–Trinajstić information content (AvgIpc) is 3.12. The van der Waals surface area contributed by atoms with Gasteiger partial charge in [0, 0.05) is 11.7 Å². The Bertz CT molecular complexity index is 1130. The largest absolute Gasteiger partial charge is 0.323 e. The number of amides is 1. The molecule has 1 aliphatic heterocycles. The van der Waals surface area contributed by atoms with Crippen molar-refractivity contribution in [1.82, 2.24) is 9.55 Å². The molecule has 30 heavy (non-hydrogen) atoms. The molecule has 0 bridgehead atoms. The summed E-state index contributed by atoms with van der Waals surface area (Å²) in [6.07, 6.45) is 0.733. The molecule has 1 aliphatic rings. The fourth-order valence-electron chi connectivity index (χ4n) is 3.23. The number of rotatable bonds is 6. The summed E-state index contributed by atoms with van der Waals surface area (Å²) in [7, 11) is 0. The second-order valence-electron chi connectivity index (χ2n) is 7.00. The zero-order valence-corrected chi connectivity index (χ0v) is 17.9. The highest BCUT2D eigenvalue weighted by Gasteiger charge is 2.26. The first-order valence-electron chi connectivity index (χ1n) is 9.52. The summed E-state index contributed by atoms with van der Waals surface area (Å²) in [6.45, 7) is 2.45. The Kier molecular flexibility index (Phi) is 6.24. The van der Waals surface area contributed by atoms with Crippen molar-refractivity contribution in [2.45, 2.75) is 35.2 Å². The number of thioether (sulfide) groups is 2. The van der Waals surface area contributed by atoms with Crippen LogP contribution in [-0.4, -0.2) is 26.5 Å². The number of benzene rings is 2. The fourth-order valence-corrected chi connectivity index (χ4v) is 5.16. The van der Waals surface area contributed by atoms with Crippen LogP contribution in [0.4, 0.5) is 10.1 Å². The second kappa shape index (κ2) is 9.06. The predicted octanol–water partition coefficient (Wildman–Crippen LogP) is 4.20. The number of hydrogen-bond donors (Lipinski definition) is 1. The quantitative estimate of drug-likeness (QED) is 0.459. The molecule has 2 heterocycles. The zero-order valence-electron chi connectivity index (χ0n) is 16.3. The molecule has 2 aromatic carbocycles. The van der Waals surface area contributed by atoms with Crippen molar-refractivity contribution in [3.05, 3.63) is 82.0 Å². The molecule has 0 spiro atoms. The first-order chi connectivity index (χ1) is 14.5. The van der Waals surface area contributed by atoms with E-state index in [1.807, 2.05) is 30.3 Å². The molecule has 1 N–H and O–H groups in total. The van der Waals surface area contributed by atoms with Gasteiger partial charge < -0.3 is 5.32 Å². The highest BCUT2D eigenvalue weighted by atomic mass is 32.2. The Morgan fingerprint density at radius 2 is 1.97 bits per heavy atom. The van der Waals surface area contributed by atoms with E-state index < -0.39 is 5.82 Å². The highest BCUT2D eigenvalue weighted by molar-refractivity contribution is 8.00. The zero-order chi connectivity index (χ0) is 21.1. The van der Waals surface area contributed by atoms with Gasteiger partial charge in [-0.3, -0.25) is 14.2 Å². The lowest BCUT2D eigenvalue weighted by Gasteiger charge is -2.14. The third-order valence-corrected chi connectivity index (χ3v) is 6.82. The molecule has 5 nitrogen and oxygen atoms in total.